The second-order valence-electron chi connectivity index (χ2n) is 4.60. The van der Waals surface area contributed by atoms with Gasteiger partial charge in [0.15, 0.2) is 0 Å². The van der Waals surface area contributed by atoms with Crippen LogP contribution in [-0.2, 0) is 0 Å². The molecule has 0 saturated heterocycles. The van der Waals surface area contributed by atoms with Gasteiger partial charge in [0.05, 0.1) is 0 Å². The Morgan fingerprint density at radius 2 is 1.38 bits per heavy atom. The number of benzene rings is 3. The molecule has 1 nitrogen and oxygen atoms in total. The molecular formula is C18H12BrIO. The summed E-state index contributed by atoms with van der Waals surface area (Å²) in [4.78, 5) is 0. The van der Waals surface area contributed by atoms with Crippen molar-refractivity contribution >= 4 is 38.5 Å². The van der Waals surface area contributed by atoms with Gasteiger partial charge in [-0.2, -0.15) is 0 Å². The van der Waals surface area contributed by atoms with Gasteiger partial charge in [-0.1, -0.05) is 58.4 Å². The zero-order chi connectivity index (χ0) is 14.7. The fourth-order valence-electron chi connectivity index (χ4n) is 2.07. The van der Waals surface area contributed by atoms with Crippen molar-refractivity contribution in [2.24, 2.45) is 0 Å². The number of halogens is 2. The van der Waals surface area contributed by atoms with E-state index in [1.165, 1.54) is 11.1 Å². The van der Waals surface area contributed by atoms with E-state index >= 15 is 0 Å². The van der Waals surface area contributed by atoms with Crippen molar-refractivity contribution in [3.05, 3.63) is 80.8 Å². The highest BCUT2D eigenvalue weighted by Crippen LogP contribution is 2.28. The summed E-state index contributed by atoms with van der Waals surface area (Å²) in [5, 5.41) is 0. The third-order valence-corrected chi connectivity index (χ3v) is 4.11. The molecule has 3 aromatic rings. The van der Waals surface area contributed by atoms with Crippen molar-refractivity contribution in [1.82, 2.24) is 0 Å². The molecule has 21 heavy (non-hydrogen) atoms. The predicted molar refractivity (Wildman–Crippen MR) is 98.8 cm³/mol. The molecule has 0 radical (unpaired) electrons. The van der Waals surface area contributed by atoms with Crippen LogP contribution in [0.15, 0.2) is 77.3 Å². The summed E-state index contributed by atoms with van der Waals surface area (Å²) in [5.41, 5.74) is 2.40. The van der Waals surface area contributed by atoms with Crippen LogP contribution in [0.2, 0.25) is 0 Å². The van der Waals surface area contributed by atoms with E-state index in [1.54, 1.807) is 0 Å². The molecule has 0 unspecified atom stereocenters. The molecule has 0 atom stereocenters. The highest BCUT2D eigenvalue weighted by atomic mass is 127. The molecule has 0 heterocycles. The summed E-state index contributed by atoms with van der Waals surface area (Å²) in [6, 6.07) is 24.5. The van der Waals surface area contributed by atoms with E-state index in [2.05, 4.69) is 62.8 Å². The summed E-state index contributed by atoms with van der Waals surface area (Å²) in [6.07, 6.45) is 0. The third kappa shape index (κ3) is 3.86. The van der Waals surface area contributed by atoms with Crippen LogP contribution in [-0.4, -0.2) is 0 Å². The number of ether oxygens (including phenoxy) is 1. The molecule has 0 aliphatic carbocycles. The first-order valence-electron chi connectivity index (χ1n) is 6.50. The summed E-state index contributed by atoms with van der Waals surface area (Å²) >= 11 is 5.76. The Morgan fingerprint density at radius 3 is 2.05 bits per heavy atom. The SMILES string of the molecule is Brc1cc(I)cc(Oc2ccc(-c3ccccc3)cc2)c1. The van der Waals surface area contributed by atoms with Gasteiger partial charge in [0, 0.05) is 8.04 Å². The van der Waals surface area contributed by atoms with Crippen LogP contribution in [0.25, 0.3) is 11.1 Å². The van der Waals surface area contributed by atoms with Crippen molar-refractivity contribution in [2.45, 2.75) is 0 Å². The van der Waals surface area contributed by atoms with Gasteiger partial charge >= 0.3 is 0 Å². The van der Waals surface area contributed by atoms with Crippen LogP contribution in [0, 0.1) is 3.57 Å². The average Bonchev–Trinajstić information content (AvgIpc) is 2.48. The van der Waals surface area contributed by atoms with E-state index in [1.807, 2.05) is 48.5 Å². The lowest BCUT2D eigenvalue weighted by molar-refractivity contribution is 0.482. The molecule has 0 amide bonds. The zero-order valence-corrected chi connectivity index (χ0v) is 14.8. The third-order valence-electron chi connectivity index (χ3n) is 3.03. The van der Waals surface area contributed by atoms with Crippen molar-refractivity contribution in [2.75, 3.05) is 0 Å². The second kappa shape index (κ2) is 6.62. The standard InChI is InChI=1S/C18H12BrIO/c19-15-10-16(20)12-18(11-15)21-17-8-6-14(7-9-17)13-4-2-1-3-5-13/h1-12H. The molecular weight excluding hydrogens is 439 g/mol. The normalized spacial score (nSPS) is 10.4. The minimum atomic E-state index is 0.834. The van der Waals surface area contributed by atoms with E-state index in [9.17, 15) is 0 Å². The van der Waals surface area contributed by atoms with Crippen LogP contribution < -0.4 is 4.74 Å². The molecule has 3 aromatic carbocycles. The molecule has 3 heteroatoms. The molecule has 0 aliphatic heterocycles. The number of rotatable bonds is 3. The monoisotopic (exact) mass is 450 g/mol. The van der Waals surface area contributed by atoms with Crippen molar-refractivity contribution in [3.8, 4) is 22.6 Å². The fraction of sp³-hybridized carbons (Fsp3) is 0. The lowest BCUT2D eigenvalue weighted by Crippen LogP contribution is -1.86. The van der Waals surface area contributed by atoms with Crippen LogP contribution in [0.1, 0.15) is 0 Å². The summed E-state index contributed by atoms with van der Waals surface area (Å²) in [5.74, 6) is 1.67. The molecule has 3 rings (SSSR count). The Bertz CT molecular complexity index is 719. The van der Waals surface area contributed by atoms with Gasteiger partial charge in [0.1, 0.15) is 11.5 Å². The summed E-state index contributed by atoms with van der Waals surface area (Å²) < 4.78 is 8.05. The maximum Gasteiger partial charge on any atom is 0.129 e. The maximum atomic E-state index is 5.90. The van der Waals surface area contributed by atoms with Gasteiger partial charge < -0.3 is 4.74 Å². The van der Waals surface area contributed by atoms with Gasteiger partial charge in [-0.05, 0) is 64.0 Å². The van der Waals surface area contributed by atoms with Gasteiger partial charge in [0.25, 0.3) is 0 Å². The van der Waals surface area contributed by atoms with E-state index in [4.69, 9.17) is 4.74 Å². The lowest BCUT2D eigenvalue weighted by Gasteiger charge is -2.08. The Hall–Kier alpha value is -1.33. The second-order valence-corrected chi connectivity index (χ2v) is 6.76. The van der Waals surface area contributed by atoms with Crippen molar-refractivity contribution < 1.29 is 4.74 Å². The predicted octanol–water partition coefficient (Wildman–Crippen LogP) is 6.51. The van der Waals surface area contributed by atoms with Gasteiger partial charge in [0.2, 0.25) is 0 Å². The first kappa shape index (κ1) is 14.6. The Kier molecular flexibility index (Phi) is 4.60. The quantitative estimate of drug-likeness (QED) is 0.413. The van der Waals surface area contributed by atoms with Crippen molar-refractivity contribution in [3.63, 3.8) is 0 Å². The lowest BCUT2D eigenvalue weighted by atomic mass is 10.1. The topological polar surface area (TPSA) is 9.23 Å². The molecule has 0 aliphatic rings. The van der Waals surface area contributed by atoms with Gasteiger partial charge in [-0.3, -0.25) is 0 Å². The summed E-state index contributed by atoms with van der Waals surface area (Å²) in [6.45, 7) is 0. The van der Waals surface area contributed by atoms with E-state index in [-0.39, 0.29) is 0 Å². The smallest absolute Gasteiger partial charge is 0.129 e. The Balaban J connectivity index is 1.81. The molecule has 0 N–H and O–H groups in total. The van der Waals surface area contributed by atoms with E-state index in [0.29, 0.717) is 0 Å². The number of hydrogen-bond donors (Lipinski definition) is 0. The minimum absolute atomic E-state index is 0.834. The first-order chi connectivity index (χ1) is 10.2. The maximum absolute atomic E-state index is 5.90. The van der Waals surface area contributed by atoms with Crippen LogP contribution in [0.3, 0.4) is 0 Å². The molecule has 0 fully saturated rings. The first-order valence-corrected chi connectivity index (χ1v) is 8.37. The highest BCUT2D eigenvalue weighted by molar-refractivity contribution is 14.1. The Morgan fingerprint density at radius 1 is 0.714 bits per heavy atom. The van der Waals surface area contributed by atoms with Crippen molar-refractivity contribution in [1.29, 1.82) is 0 Å². The zero-order valence-electron chi connectivity index (χ0n) is 11.1. The molecule has 0 aromatic heterocycles. The summed E-state index contributed by atoms with van der Waals surface area (Å²) in [7, 11) is 0. The molecule has 0 spiro atoms. The highest BCUT2D eigenvalue weighted by Gasteiger charge is 2.02. The van der Waals surface area contributed by atoms with Gasteiger partial charge in [-0.15, -0.1) is 0 Å². The van der Waals surface area contributed by atoms with Gasteiger partial charge in [-0.25, -0.2) is 0 Å². The largest absolute Gasteiger partial charge is 0.457 e. The van der Waals surface area contributed by atoms with E-state index < -0.39 is 0 Å². The van der Waals surface area contributed by atoms with E-state index in [0.717, 1.165) is 19.5 Å². The molecule has 0 saturated carbocycles. The Labute approximate surface area is 146 Å². The molecule has 0 bridgehead atoms. The van der Waals surface area contributed by atoms with Crippen LogP contribution >= 0.6 is 38.5 Å². The van der Waals surface area contributed by atoms with Crippen LogP contribution in [0.4, 0.5) is 0 Å². The average molecular weight is 451 g/mol. The minimum Gasteiger partial charge on any atom is -0.457 e. The fourth-order valence-corrected chi connectivity index (χ4v) is 3.61. The molecule has 104 valence electrons. The number of hydrogen-bond acceptors (Lipinski definition) is 1. The van der Waals surface area contributed by atoms with Crippen LogP contribution in [0.5, 0.6) is 11.5 Å².